The van der Waals surface area contributed by atoms with Crippen molar-refractivity contribution in [2.24, 2.45) is 0 Å². The molecule has 7 heavy (non-hydrogen) atoms. The molecule has 0 aromatic heterocycles. The second-order valence-corrected chi connectivity index (χ2v) is 4.92. The van der Waals surface area contributed by atoms with E-state index in [9.17, 15) is 0 Å². The fraction of sp³-hybridized carbons (Fsp3) is 0. The normalized spacial score (nSPS) is 17.0. The van der Waals surface area contributed by atoms with Crippen molar-refractivity contribution in [3.63, 3.8) is 0 Å². The number of halogens is 1. The molecule has 1 aliphatic rings. The summed E-state index contributed by atoms with van der Waals surface area (Å²) < 4.78 is 7.08. The van der Waals surface area contributed by atoms with Gasteiger partial charge in [0, 0.05) is 0 Å². The van der Waals surface area contributed by atoms with Gasteiger partial charge in [-0.25, -0.2) is 0 Å². The van der Waals surface area contributed by atoms with Crippen molar-refractivity contribution in [3.05, 3.63) is 21.2 Å². The SMILES string of the molecule is ClC1=C[O][InH][CH]=C1. The number of hydrogen-bond donors (Lipinski definition) is 0. The summed E-state index contributed by atoms with van der Waals surface area (Å²) >= 11 is 4.62. The summed E-state index contributed by atoms with van der Waals surface area (Å²) in [6, 6.07) is 0. The molecule has 0 aromatic rings. The molecule has 0 saturated heterocycles. The van der Waals surface area contributed by atoms with Gasteiger partial charge in [-0.3, -0.25) is 0 Å². The second-order valence-electron chi connectivity index (χ2n) is 1.24. The third kappa shape index (κ3) is 1.78. The first-order valence-electron chi connectivity index (χ1n) is 2.03. The van der Waals surface area contributed by atoms with Gasteiger partial charge in [0.2, 0.25) is 0 Å². The van der Waals surface area contributed by atoms with Crippen LogP contribution in [0, 0.1) is 0 Å². The third-order valence-electron chi connectivity index (χ3n) is 0.665. The van der Waals surface area contributed by atoms with Gasteiger partial charge in [-0.05, 0) is 0 Å². The second kappa shape index (κ2) is 2.68. The zero-order valence-electron chi connectivity index (χ0n) is 3.73. The van der Waals surface area contributed by atoms with Crippen LogP contribution < -0.4 is 0 Å². The van der Waals surface area contributed by atoms with Crippen LogP contribution in [0.25, 0.3) is 0 Å². The van der Waals surface area contributed by atoms with E-state index in [4.69, 9.17) is 14.5 Å². The van der Waals surface area contributed by atoms with Gasteiger partial charge in [-0.2, -0.15) is 0 Å². The molecule has 3 heteroatoms. The summed E-state index contributed by atoms with van der Waals surface area (Å²) in [6.45, 7) is 0. The summed E-state index contributed by atoms with van der Waals surface area (Å²) in [4.78, 5) is 0. The molecule has 1 aliphatic heterocycles. The summed E-state index contributed by atoms with van der Waals surface area (Å²) in [7, 11) is 0. The molecule has 0 fully saturated rings. The summed E-state index contributed by atoms with van der Waals surface area (Å²) in [5.74, 6) is 0. The molecule has 0 unspecified atom stereocenters. The molecule has 0 atom stereocenters. The van der Waals surface area contributed by atoms with E-state index in [2.05, 4.69) is 3.83 Å². The molecular formula is C4H4ClInO. The van der Waals surface area contributed by atoms with Crippen molar-refractivity contribution in [2.75, 3.05) is 0 Å². The Labute approximate surface area is 59.0 Å². The van der Waals surface area contributed by atoms with Gasteiger partial charge < -0.3 is 0 Å². The molecule has 0 N–H and O–H groups in total. The van der Waals surface area contributed by atoms with Crippen LogP contribution >= 0.6 is 11.6 Å². The molecule has 1 nitrogen and oxygen atoms in total. The van der Waals surface area contributed by atoms with E-state index in [1.165, 1.54) is 0 Å². The molecule has 0 radical (unpaired) electrons. The fourth-order valence-corrected chi connectivity index (χ4v) is 3.37. The molecule has 0 aliphatic carbocycles. The van der Waals surface area contributed by atoms with Gasteiger partial charge >= 0.3 is 59.0 Å². The molecule has 1 heterocycles. The minimum absolute atomic E-state index is 0.711. The molecule has 0 aromatic carbocycles. The van der Waals surface area contributed by atoms with Gasteiger partial charge in [0.15, 0.2) is 0 Å². The van der Waals surface area contributed by atoms with Crippen LogP contribution in [0.15, 0.2) is 21.2 Å². The zero-order chi connectivity index (χ0) is 5.11. The predicted octanol–water partition coefficient (Wildman–Crippen LogP) is 0.962. The molecule has 0 bridgehead atoms. The van der Waals surface area contributed by atoms with Crippen molar-refractivity contribution in [1.29, 1.82) is 0 Å². The van der Waals surface area contributed by atoms with Crippen molar-refractivity contribution in [1.82, 2.24) is 0 Å². The Hall–Kier alpha value is 0.440. The van der Waals surface area contributed by atoms with Crippen molar-refractivity contribution < 1.29 is 2.85 Å². The summed E-state index contributed by atoms with van der Waals surface area (Å²) in [5, 5.41) is 0.711. The first-order valence-corrected chi connectivity index (χ1v) is 6.39. The van der Waals surface area contributed by atoms with Gasteiger partial charge in [0.25, 0.3) is 0 Å². The van der Waals surface area contributed by atoms with E-state index in [0.29, 0.717) is 5.03 Å². The predicted molar refractivity (Wildman–Crippen MR) is 31.3 cm³/mol. The van der Waals surface area contributed by atoms with Crippen LogP contribution in [0.4, 0.5) is 0 Å². The Morgan fingerprint density at radius 2 is 2.57 bits per heavy atom. The molecular weight excluding hydrogens is 214 g/mol. The van der Waals surface area contributed by atoms with E-state index in [-0.39, 0.29) is 0 Å². The van der Waals surface area contributed by atoms with E-state index in [1.807, 2.05) is 6.08 Å². The van der Waals surface area contributed by atoms with Crippen LogP contribution in [-0.2, 0) is 2.85 Å². The Balaban J connectivity index is 2.58. The number of rotatable bonds is 0. The zero-order valence-corrected chi connectivity index (χ0v) is 8.52. The molecule has 0 amide bonds. The van der Waals surface area contributed by atoms with Crippen molar-refractivity contribution in [3.8, 4) is 0 Å². The average molecular weight is 218 g/mol. The van der Waals surface area contributed by atoms with E-state index in [1.54, 1.807) is 6.26 Å². The number of allylic oxidation sites excluding steroid dienone is 2. The van der Waals surface area contributed by atoms with E-state index in [0.717, 1.165) is 0 Å². The molecule has 1 rings (SSSR count). The third-order valence-corrected chi connectivity index (χ3v) is 3.13. The topological polar surface area (TPSA) is 9.23 Å². The molecule has 0 saturated carbocycles. The maximum absolute atomic E-state index is 5.50. The fourth-order valence-electron chi connectivity index (χ4n) is 0.383. The average Bonchev–Trinajstić information content (AvgIpc) is 1.69. The van der Waals surface area contributed by atoms with Crippen LogP contribution in [0.1, 0.15) is 0 Å². The molecule has 0 spiro atoms. The monoisotopic (exact) mass is 218 g/mol. The Morgan fingerprint density at radius 3 is 2.86 bits per heavy atom. The summed E-state index contributed by atoms with van der Waals surface area (Å²) in [6.07, 6.45) is 3.53. The van der Waals surface area contributed by atoms with Gasteiger partial charge in [-0.1, -0.05) is 0 Å². The van der Waals surface area contributed by atoms with Crippen LogP contribution in [-0.4, -0.2) is 23.3 Å². The summed E-state index contributed by atoms with van der Waals surface area (Å²) in [5.41, 5.74) is 0. The van der Waals surface area contributed by atoms with E-state index < -0.39 is 23.3 Å². The maximum atomic E-state index is 5.50. The van der Waals surface area contributed by atoms with Gasteiger partial charge in [0.05, 0.1) is 0 Å². The van der Waals surface area contributed by atoms with Crippen LogP contribution in [0.2, 0.25) is 0 Å². The Morgan fingerprint density at radius 1 is 1.71 bits per heavy atom. The van der Waals surface area contributed by atoms with Crippen LogP contribution in [0.3, 0.4) is 0 Å². The van der Waals surface area contributed by atoms with Gasteiger partial charge in [0.1, 0.15) is 0 Å². The van der Waals surface area contributed by atoms with E-state index >= 15 is 0 Å². The van der Waals surface area contributed by atoms with Gasteiger partial charge in [-0.15, -0.1) is 0 Å². The first-order chi connectivity index (χ1) is 3.39. The minimum atomic E-state index is -0.884. The number of hydrogen-bond acceptors (Lipinski definition) is 1. The Bertz CT molecular complexity index is 119. The van der Waals surface area contributed by atoms with Crippen LogP contribution in [0.5, 0.6) is 0 Å². The Kier molecular flexibility index (Phi) is 2.13. The molecule has 36 valence electrons. The van der Waals surface area contributed by atoms with Crippen molar-refractivity contribution >= 4 is 34.9 Å². The first kappa shape index (κ1) is 5.57. The quantitative estimate of drug-likeness (QED) is 0.588. The standard InChI is InChI=1S/C4H4ClO.In.H/c1-2-4(5)3-6;;/h1-3,6H;;/q;+1;/p-1. The van der Waals surface area contributed by atoms with Crippen molar-refractivity contribution in [2.45, 2.75) is 0 Å².